The third-order valence-corrected chi connectivity index (χ3v) is 6.19. The molecular weight excluding hydrogens is 483 g/mol. The van der Waals surface area contributed by atoms with Crippen LogP contribution >= 0.6 is 11.6 Å². The first kappa shape index (κ1) is 24.7. The van der Waals surface area contributed by atoms with E-state index in [4.69, 9.17) is 11.6 Å². The molecule has 35 heavy (non-hydrogen) atoms. The molecule has 1 fully saturated rings. The van der Waals surface area contributed by atoms with E-state index in [2.05, 4.69) is 21.0 Å². The second-order valence-electron chi connectivity index (χ2n) is 8.33. The van der Waals surface area contributed by atoms with Crippen LogP contribution in [0.3, 0.4) is 0 Å². The van der Waals surface area contributed by atoms with Crippen molar-refractivity contribution in [2.75, 3.05) is 13.1 Å². The number of nitrogens with zero attached hydrogens (tertiary/aromatic N) is 2. The molecular formula is C24H23ClF3N5O2. The molecule has 0 unspecified atom stereocenters. The van der Waals surface area contributed by atoms with E-state index < -0.39 is 34.8 Å². The lowest BCUT2D eigenvalue weighted by molar-refractivity contribution is -0.135. The minimum absolute atomic E-state index is 0.000253. The highest BCUT2D eigenvalue weighted by Gasteiger charge is 2.40. The van der Waals surface area contributed by atoms with Gasteiger partial charge >= 0.3 is 0 Å². The van der Waals surface area contributed by atoms with E-state index in [0.29, 0.717) is 37.2 Å². The van der Waals surface area contributed by atoms with Crippen molar-refractivity contribution >= 4 is 23.4 Å². The fraction of sp³-hybridized carbons (Fsp3) is 0.292. The summed E-state index contributed by atoms with van der Waals surface area (Å²) < 4.78 is 42.2. The van der Waals surface area contributed by atoms with Crippen LogP contribution in [0.4, 0.5) is 13.2 Å². The van der Waals surface area contributed by atoms with Gasteiger partial charge < -0.3 is 16.0 Å². The number of rotatable bonds is 7. The summed E-state index contributed by atoms with van der Waals surface area (Å²) in [6.07, 6.45) is 2.25. The van der Waals surface area contributed by atoms with Crippen molar-refractivity contribution in [3.8, 4) is 11.3 Å². The number of benzene rings is 2. The van der Waals surface area contributed by atoms with Gasteiger partial charge in [0.2, 0.25) is 11.8 Å². The molecule has 0 atom stereocenters. The molecule has 0 radical (unpaired) electrons. The van der Waals surface area contributed by atoms with Crippen molar-refractivity contribution in [1.29, 1.82) is 0 Å². The second-order valence-corrected chi connectivity index (χ2v) is 8.73. The minimum atomic E-state index is -1.19. The number of hydrogen-bond donors (Lipinski definition) is 3. The molecule has 3 aromatic rings. The van der Waals surface area contributed by atoms with Gasteiger partial charge in [0.25, 0.3) is 0 Å². The third kappa shape index (κ3) is 5.83. The predicted octanol–water partition coefficient (Wildman–Crippen LogP) is 3.18. The molecule has 2 amide bonds. The first-order chi connectivity index (χ1) is 16.8. The van der Waals surface area contributed by atoms with Gasteiger partial charge in [-0.15, -0.1) is 0 Å². The highest BCUT2D eigenvalue weighted by Crippen LogP contribution is 2.23. The lowest BCUT2D eigenvalue weighted by Crippen LogP contribution is -2.63. The largest absolute Gasteiger partial charge is 0.350 e. The number of amides is 2. The van der Waals surface area contributed by atoms with Crippen LogP contribution in [0.25, 0.3) is 11.3 Å². The zero-order valence-corrected chi connectivity index (χ0v) is 19.3. The molecule has 2 aromatic carbocycles. The summed E-state index contributed by atoms with van der Waals surface area (Å²) in [7, 11) is 0. The van der Waals surface area contributed by atoms with E-state index in [-0.39, 0.29) is 23.7 Å². The van der Waals surface area contributed by atoms with Crippen LogP contribution in [0.1, 0.15) is 18.4 Å². The Morgan fingerprint density at radius 3 is 2.54 bits per heavy atom. The van der Waals surface area contributed by atoms with E-state index in [1.54, 1.807) is 18.3 Å². The number of piperidine rings is 1. The van der Waals surface area contributed by atoms with Gasteiger partial charge in [-0.1, -0.05) is 23.7 Å². The van der Waals surface area contributed by atoms with Crippen molar-refractivity contribution < 1.29 is 22.8 Å². The molecule has 1 aliphatic heterocycles. The Kier molecular flexibility index (Phi) is 7.42. The molecule has 3 N–H and O–H groups in total. The molecule has 184 valence electrons. The molecule has 0 spiro atoms. The van der Waals surface area contributed by atoms with Crippen molar-refractivity contribution in [2.24, 2.45) is 0 Å². The van der Waals surface area contributed by atoms with E-state index in [9.17, 15) is 22.8 Å². The molecule has 0 saturated carbocycles. The van der Waals surface area contributed by atoms with Gasteiger partial charge in [0, 0.05) is 29.9 Å². The first-order valence-electron chi connectivity index (χ1n) is 11.0. The summed E-state index contributed by atoms with van der Waals surface area (Å²) in [6.45, 7) is 0.709. The number of carbonyl (C=O) groups excluding carboxylic acids is 2. The van der Waals surface area contributed by atoms with Gasteiger partial charge in [0.15, 0.2) is 0 Å². The summed E-state index contributed by atoms with van der Waals surface area (Å²) in [4.78, 5) is 25.9. The monoisotopic (exact) mass is 505 g/mol. The van der Waals surface area contributed by atoms with Gasteiger partial charge in [0.1, 0.15) is 29.5 Å². The summed E-state index contributed by atoms with van der Waals surface area (Å²) in [5.74, 6) is -2.93. The van der Waals surface area contributed by atoms with E-state index >= 15 is 0 Å². The molecule has 0 bridgehead atoms. The Labute approximate surface area is 204 Å². The van der Waals surface area contributed by atoms with Crippen LogP contribution in [0, 0.1) is 17.5 Å². The Bertz CT molecular complexity index is 1240. The molecule has 4 rings (SSSR count). The SMILES string of the molecule is O=C(Cn1ccc(-c2ccc(Cl)c(F)c2)n1)NC1(C(=O)NCc2ccc(F)cc2F)CCNCC1. The van der Waals surface area contributed by atoms with Crippen molar-refractivity contribution in [3.05, 3.63) is 76.7 Å². The van der Waals surface area contributed by atoms with Gasteiger partial charge in [-0.05, 0) is 50.2 Å². The van der Waals surface area contributed by atoms with E-state index in [0.717, 1.165) is 12.1 Å². The highest BCUT2D eigenvalue weighted by molar-refractivity contribution is 6.30. The van der Waals surface area contributed by atoms with Gasteiger partial charge in [-0.3, -0.25) is 14.3 Å². The van der Waals surface area contributed by atoms with Crippen LogP contribution in [-0.2, 0) is 22.7 Å². The summed E-state index contributed by atoms with van der Waals surface area (Å²) in [5.41, 5.74) is -0.0797. The molecule has 1 saturated heterocycles. The molecule has 1 aromatic heterocycles. The first-order valence-corrected chi connectivity index (χ1v) is 11.4. The normalized spacial score (nSPS) is 15.0. The van der Waals surface area contributed by atoms with Crippen molar-refractivity contribution in [3.63, 3.8) is 0 Å². The zero-order valence-electron chi connectivity index (χ0n) is 18.6. The molecule has 2 heterocycles. The quantitative estimate of drug-likeness (QED) is 0.460. The average Bonchev–Trinajstić information content (AvgIpc) is 3.29. The Morgan fingerprint density at radius 1 is 1.06 bits per heavy atom. The maximum atomic E-state index is 13.9. The van der Waals surface area contributed by atoms with Crippen LogP contribution < -0.4 is 16.0 Å². The van der Waals surface area contributed by atoms with Crippen molar-refractivity contribution in [1.82, 2.24) is 25.7 Å². The lowest BCUT2D eigenvalue weighted by Gasteiger charge is -2.37. The summed E-state index contributed by atoms with van der Waals surface area (Å²) >= 11 is 5.72. The average molecular weight is 506 g/mol. The number of halogens is 4. The fourth-order valence-corrected chi connectivity index (χ4v) is 4.10. The molecule has 11 heteroatoms. The zero-order chi connectivity index (χ0) is 25.0. The Balaban J connectivity index is 1.42. The second kappa shape index (κ2) is 10.5. The predicted molar refractivity (Wildman–Crippen MR) is 124 cm³/mol. The van der Waals surface area contributed by atoms with Crippen LogP contribution in [0.5, 0.6) is 0 Å². The van der Waals surface area contributed by atoms with Crippen LogP contribution in [0.2, 0.25) is 5.02 Å². The highest BCUT2D eigenvalue weighted by atomic mass is 35.5. The molecule has 1 aliphatic rings. The number of hydrogen-bond acceptors (Lipinski definition) is 4. The maximum Gasteiger partial charge on any atom is 0.246 e. The van der Waals surface area contributed by atoms with Crippen LogP contribution in [0.15, 0.2) is 48.7 Å². The van der Waals surface area contributed by atoms with Gasteiger partial charge in [-0.25, -0.2) is 13.2 Å². The topological polar surface area (TPSA) is 88.0 Å². The third-order valence-electron chi connectivity index (χ3n) is 5.89. The van der Waals surface area contributed by atoms with E-state index in [1.807, 2.05) is 0 Å². The van der Waals surface area contributed by atoms with Crippen molar-refractivity contribution in [2.45, 2.75) is 31.5 Å². The maximum absolute atomic E-state index is 13.9. The number of carbonyl (C=O) groups is 2. The lowest BCUT2D eigenvalue weighted by atomic mass is 9.87. The van der Waals surface area contributed by atoms with Gasteiger partial charge in [0.05, 0.1) is 10.7 Å². The smallest absolute Gasteiger partial charge is 0.246 e. The van der Waals surface area contributed by atoms with Gasteiger partial charge in [-0.2, -0.15) is 5.10 Å². The summed E-state index contributed by atoms with van der Waals surface area (Å²) in [5, 5.41) is 12.9. The number of aromatic nitrogens is 2. The fourth-order valence-electron chi connectivity index (χ4n) is 3.98. The van der Waals surface area contributed by atoms with E-state index in [1.165, 1.54) is 22.9 Å². The van der Waals surface area contributed by atoms with Crippen LogP contribution in [-0.4, -0.2) is 40.2 Å². The Morgan fingerprint density at radius 2 is 1.83 bits per heavy atom. The minimum Gasteiger partial charge on any atom is -0.350 e. The molecule has 7 nitrogen and oxygen atoms in total. The summed E-state index contributed by atoms with van der Waals surface area (Å²) in [6, 6.07) is 9.07. The Hall–Kier alpha value is -3.37. The number of nitrogens with one attached hydrogen (secondary N) is 3. The molecule has 0 aliphatic carbocycles. The standard InChI is InChI=1S/C24H23ClF3N5O2/c25-18-4-2-15(11-20(18)28)21-5-10-33(32-21)14-22(34)31-24(6-8-29-9-7-24)23(35)30-13-16-1-3-17(26)12-19(16)27/h1-5,10-12,29H,6-9,13-14H2,(H,30,35)(H,31,34).